The molecule has 0 aliphatic carbocycles. The lowest BCUT2D eigenvalue weighted by Crippen LogP contribution is -2.49. The first-order chi connectivity index (χ1) is 13.6. The van der Waals surface area contributed by atoms with Crippen LogP contribution in [0.5, 0.6) is 5.75 Å². The highest BCUT2D eigenvalue weighted by molar-refractivity contribution is 5.78. The van der Waals surface area contributed by atoms with E-state index >= 15 is 0 Å². The Morgan fingerprint density at radius 3 is 2.46 bits per heavy atom. The van der Waals surface area contributed by atoms with Gasteiger partial charge in [-0.2, -0.15) is 0 Å². The largest absolute Gasteiger partial charge is 0.497 e. The molecule has 0 N–H and O–H groups in total. The van der Waals surface area contributed by atoms with Crippen molar-refractivity contribution in [2.45, 2.75) is 32.3 Å². The van der Waals surface area contributed by atoms with E-state index < -0.39 is 0 Å². The number of nitrogens with zero attached hydrogens (tertiary/aromatic N) is 3. The van der Waals surface area contributed by atoms with Gasteiger partial charge in [0.1, 0.15) is 5.75 Å². The van der Waals surface area contributed by atoms with E-state index in [9.17, 15) is 9.59 Å². The molecule has 2 heterocycles. The van der Waals surface area contributed by atoms with Crippen LogP contribution in [0, 0.1) is 0 Å². The van der Waals surface area contributed by atoms with Gasteiger partial charge in [0.05, 0.1) is 13.2 Å². The number of anilines is 1. The zero-order valence-electron chi connectivity index (χ0n) is 16.9. The van der Waals surface area contributed by atoms with Crippen molar-refractivity contribution in [2.75, 3.05) is 57.9 Å². The molecule has 2 saturated heterocycles. The summed E-state index contributed by atoms with van der Waals surface area (Å²) in [7, 11) is 1.66. The zero-order valence-corrected chi connectivity index (χ0v) is 16.9. The Labute approximate surface area is 167 Å². The lowest BCUT2D eigenvalue weighted by Gasteiger charge is -2.36. The van der Waals surface area contributed by atoms with Crippen LogP contribution in [0.1, 0.15) is 26.2 Å². The van der Waals surface area contributed by atoms with Gasteiger partial charge in [-0.15, -0.1) is 0 Å². The fourth-order valence-corrected chi connectivity index (χ4v) is 3.81. The van der Waals surface area contributed by atoms with E-state index in [0.717, 1.165) is 44.0 Å². The molecule has 1 unspecified atom stereocenters. The van der Waals surface area contributed by atoms with Crippen LogP contribution in [0.4, 0.5) is 5.69 Å². The van der Waals surface area contributed by atoms with Crippen molar-refractivity contribution >= 4 is 17.5 Å². The number of amides is 2. The highest BCUT2D eigenvalue weighted by Gasteiger charge is 2.24. The van der Waals surface area contributed by atoms with E-state index in [1.807, 2.05) is 29.2 Å². The third-order valence-electron chi connectivity index (χ3n) is 5.56. The maximum Gasteiger partial charge on any atom is 0.224 e. The summed E-state index contributed by atoms with van der Waals surface area (Å²) in [4.78, 5) is 30.4. The Morgan fingerprint density at radius 1 is 1.18 bits per heavy atom. The Balaban J connectivity index is 1.44. The highest BCUT2D eigenvalue weighted by Crippen LogP contribution is 2.21. The van der Waals surface area contributed by atoms with Gasteiger partial charge in [-0.1, -0.05) is 0 Å². The second kappa shape index (κ2) is 9.78. The smallest absolute Gasteiger partial charge is 0.224 e. The molecule has 2 amide bonds. The number of carbonyl (C=O) groups excluding carboxylic acids is 2. The lowest BCUT2D eigenvalue weighted by atomic mass is 10.2. The van der Waals surface area contributed by atoms with E-state index in [0.29, 0.717) is 32.6 Å². The van der Waals surface area contributed by atoms with Crippen LogP contribution < -0.4 is 9.64 Å². The third kappa shape index (κ3) is 5.38. The molecule has 0 spiro atoms. The SMILES string of the molecule is COc1ccc(N2CCN(C(=O)CCN(CC3CCCO3)C(C)=O)CC2)cc1. The van der Waals surface area contributed by atoms with Crippen molar-refractivity contribution < 1.29 is 19.1 Å². The molecule has 0 bridgehead atoms. The van der Waals surface area contributed by atoms with E-state index in [4.69, 9.17) is 9.47 Å². The topological polar surface area (TPSA) is 62.3 Å². The Morgan fingerprint density at radius 2 is 1.89 bits per heavy atom. The monoisotopic (exact) mass is 389 g/mol. The van der Waals surface area contributed by atoms with Gasteiger partial charge >= 0.3 is 0 Å². The van der Waals surface area contributed by atoms with E-state index in [-0.39, 0.29) is 17.9 Å². The van der Waals surface area contributed by atoms with Crippen molar-refractivity contribution in [3.05, 3.63) is 24.3 Å². The number of piperazine rings is 1. The average molecular weight is 389 g/mol. The fourth-order valence-electron chi connectivity index (χ4n) is 3.81. The summed E-state index contributed by atoms with van der Waals surface area (Å²) in [5, 5.41) is 0. The van der Waals surface area contributed by atoms with Gasteiger partial charge in [-0.3, -0.25) is 9.59 Å². The van der Waals surface area contributed by atoms with Crippen molar-refractivity contribution in [2.24, 2.45) is 0 Å². The lowest BCUT2D eigenvalue weighted by molar-refractivity contribution is -0.134. The molecule has 3 rings (SSSR count). The summed E-state index contributed by atoms with van der Waals surface area (Å²) in [5.41, 5.74) is 1.15. The van der Waals surface area contributed by atoms with Crippen LogP contribution in [0.3, 0.4) is 0 Å². The zero-order chi connectivity index (χ0) is 19.9. The number of carbonyl (C=O) groups is 2. The van der Waals surface area contributed by atoms with Crippen molar-refractivity contribution in [3.63, 3.8) is 0 Å². The van der Waals surface area contributed by atoms with Gasteiger partial charge in [0.2, 0.25) is 11.8 Å². The summed E-state index contributed by atoms with van der Waals surface area (Å²) in [6.07, 6.45) is 2.53. The number of hydrogen-bond donors (Lipinski definition) is 0. The Kier molecular flexibility index (Phi) is 7.14. The first kappa shape index (κ1) is 20.5. The van der Waals surface area contributed by atoms with Crippen LogP contribution in [0.2, 0.25) is 0 Å². The summed E-state index contributed by atoms with van der Waals surface area (Å²) in [5.74, 6) is 0.969. The highest BCUT2D eigenvalue weighted by atomic mass is 16.5. The average Bonchev–Trinajstić information content (AvgIpc) is 3.24. The molecule has 28 heavy (non-hydrogen) atoms. The second-order valence-corrected chi connectivity index (χ2v) is 7.42. The molecule has 2 aliphatic heterocycles. The summed E-state index contributed by atoms with van der Waals surface area (Å²) >= 11 is 0. The van der Waals surface area contributed by atoms with E-state index in [2.05, 4.69) is 4.90 Å². The van der Waals surface area contributed by atoms with E-state index in [1.54, 1.807) is 18.9 Å². The molecule has 1 aromatic rings. The number of ether oxygens (including phenoxy) is 2. The maximum absolute atomic E-state index is 12.6. The normalized spacial score (nSPS) is 19.6. The quantitative estimate of drug-likeness (QED) is 0.711. The van der Waals surface area contributed by atoms with Gasteiger partial charge in [0.15, 0.2) is 0 Å². The van der Waals surface area contributed by atoms with Gasteiger partial charge in [0.25, 0.3) is 0 Å². The van der Waals surface area contributed by atoms with Crippen LogP contribution in [0.15, 0.2) is 24.3 Å². The number of benzene rings is 1. The minimum atomic E-state index is 0.00706. The molecule has 0 radical (unpaired) electrons. The number of hydrogen-bond acceptors (Lipinski definition) is 5. The number of rotatable bonds is 7. The predicted octanol–water partition coefficient (Wildman–Crippen LogP) is 1.76. The van der Waals surface area contributed by atoms with Crippen LogP contribution >= 0.6 is 0 Å². The van der Waals surface area contributed by atoms with Crippen molar-refractivity contribution in [1.82, 2.24) is 9.80 Å². The minimum Gasteiger partial charge on any atom is -0.497 e. The molecule has 0 aromatic heterocycles. The van der Waals surface area contributed by atoms with Crippen LogP contribution in [-0.2, 0) is 14.3 Å². The molecule has 1 aromatic carbocycles. The molecule has 1 atom stereocenters. The van der Waals surface area contributed by atoms with Crippen molar-refractivity contribution in [1.29, 1.82) is 0 Å². The van der Waals surface area contributed by atoms with Crippen LogP contribution in [0.25, 0.3) is 0 Å². The van der Waals surface area contributed by atoms with E-state index in [1.165, 1.54) is 0 Å². The molecule has 7 nitrogen and oxygen atoms in total. The molecular weight excluding hydrogens is 358 g/mol. The second-order valence-electron chi connectivity index (χ2n) is 7.42. The molecule has 7 heteroatoms. The summed E-state index contributed by atoms with van der Waals surface area (Å²) < 4.78 is 10.8. The third-order valence-corrected chi connectivity index (χ3v) is 5.56. The minimum absolute atomic E-state index is 0.00706. The maximum atomic E-state index is 12.6. The fraction of sp³-hybridized carbons (Fsp3) is 0.619. The molecule has 154 valence electrons. The molecular formula is C21H31N3O4. The van der Waals surface area contributed by atoms with Gasteiger partial charge in [-0.05, 0) is 37.1 Å². The first-order valence-electron chi connectivity index (χ1n) is 10.1. The summed E-state index contributed by atoms with van der Waals surface area (Å²) in [6.45, 7) is 6.42. The standard InChI is InChI=1S/C21H31N3O4/c1-17(25)24(16-20-4-3-15-28-20)10-9-21(26)23-13-11-22(12-14-23)18-5-7-19(27-2)8-6-18/h5-8,20H,3-4,9-16H2,1-2H3. The van der Waals surface area contributed by atoms with Crippen LogP contribution in [-0.4, -0.2) is 80.7 Å². The Bertz CT molecular complexity index is 650. The van der Waals surface area contributed by atoms with Gasteiger partial charge < -0.3 is 24.2 Å². The van der Waals surface area contributed by atoms with Crippen molar-refractivity contribution in [3.8, 4) is 5.75 Å². The predicted molar refractivity (Wildman–Crippen MR) is 108 cm³/mol. The Hall–Kier alpha value is -2.28. The van der Waals surface area contributed by atoms with Gasteiger partial charge in [0, 0.05) is 64.9 Å². The molecule has 0 saturated carbocycles. The molecule has 2 aliphatic rings. The van der Waals surface area contributed by atoms with Gasteiger partial charge in [-0.25, -0.2) is 0 Å². The first-order valence-corrected chi connectivity index (χ1v) is 10.1. The molecule has 2 fully saturated rings. The summed E-state index contributed by atoms with van der Waals surface area (Å²) in [6, 6.07) is 8.01. The number of methoxy groups -OCH3 is 1.